The maximum atomic E-state index is 13.1. The topological polar surface area (TPSA) is 69.4 Å². The van der Waals surface area contributed by atoms with E-state index in [0.29, 0.717) is 26.8 Å². The molecule has 15 heteroatoms. The summed E-state index contributed by atoms with van der Waals surface area (Å²) in [6.07, 6.45) is -8.30. The maximum Gasteiger partial charge on any atom is 0.416 e. The van der Waals surface area contributed by atoms with E-state index in [4.69, 9.17) is 0 Å². The molecule has 0 N–H and O–H groups in total. The summed E-state index contributed by atoms with van der Waals surface area (Å²) < 4.78 is 80.1. The number of rotatable bonds is 4. The van der Waals surface area contributed by atoms with Gasteiger partial charge in [-0.1, -0.05) is 0 Å². The Morgan fingerprint density at radius 1 is 0.933 bits per heavy atom. The fraction of sp³-hybridized carbons (Fsp3) is 0.133. The van der Waals surface area contributed by atoms with Gasteiger partial charge in [-0.15, -0.1) is 27.8 Å². The average molecular weight is 480 g/mol. The summed E-state index contributed by atoms with van der Waals surface area (Å²) in [5.41, 5.74) is -3.11. The molecular formula is C15H6F6N6S3. The molecule has 0 aliphatic carbocycles. The summed E-state index contributed by atoms with van der Waals surface area (Å²) in [5.74, 6) is 0. The lowest BCUT2D eigenvalue weighted by atomic mass is 10.0. The molecule has 30 heavy (non-hydrogen) atoms. The van der Waals surface area contributed by atoms with Crippen LogP contribution in [0.3, 0.4) is 0 Å². The molecule has 1 aromatic carbocycles. The second-order valence-electron chi connectivity index (χ2n) is 5.58. The largest absolute Gasteiger partial charge is 0.416 e. The number of halogens is 6. The number of hydrogen-bond donors (Lipinski definition) is 0. The van der Waals surface area contributed by atoms with E-state index < -0.39 is 23.5 Å². The Bertz CT molecular complexity index is 1130. The average Bonchev–Trinajstić information content (AvgIpc) is 3.42. The van der Waals surface area contributed by atoms with Gasteiger partial charge in [-0.3, -0.25) is 0 Å². The molecule has 0 bridgehead atoms. The second kappa shape index (κ2) is 7.63. The first kappa shape index (κ1) is 20.7. The molecular weight excluding hydrogens is 474 g/mol. The lowest BCUT2D eigenvalue weighted by Gasteiger charge is -2.13. The molecule has 156 valence electrons. The van der Waals surface area contributed by atoms with Gasteiger partial charge in [-0.05, 0) is 40.4 Å². The number of thiazole rings is 2. The fourth-order valence-electron chi connectivity index (χ4n) is 2.30. The molecule has 0 saturated carbocycles. The smallest absolute Gasteiger partial charge is 0.229 e. The van der Waals surface area contributed by atoms with Crippen molar-refractivity contribution in [3.05, 3.63) is 46.3 Å². The molecule has 0 fully saturated rings. The summed E-state index contributed by atoms with van der Waals surface area (Å²) in [4.78, 5) is 8.22. The molecule has 0 radical (unpaired) electrons. The minimum absolute atomic E-state index is 0.0210. The molecule has 0 atom stereocenters. The van der Waals surface area contributed by atoms with E-state index in [1.54, 1.807) is 11.6 Å². The van der Waals surface area contributed by atoms with Crippen LogP contribution in [0.1, 0.15) is 11.1 Å². The van der Waals surface area contributed by atoms with Crippen molar-refractivity contribution in [3.63, 3.8) is 0 Å². The molecule has 3 heterocycles. The van der Waals surface area contributed by atoms with Gasteiger partial charge in [0.25, 0.3) is 0 Å². The van der Waals surface area contributed by atoms with Gasteiger partial charge in [0, 0.05) is 22.5 Å². The van der Waals surface area contributed by atoms with E-state index >= 15 is 0 Å². The summed E-state index contributed by atoms with van der Waals surface area (Å²) in [7, 11) is 0. The summed E-state index contributed by atoms with van der Waals surface area (Å²) in [5, 5.41) is 15.1. The van der Waals surface area contributed by atoms with Crippen LogP contribution in [0.15, 0.2) is 44.7 Å². The van der Waals surface area contributed by atoms with E-state index in [1.807, 2.05) is 0 Å². The zero-order valence-corrected chi connectivity index (χ0v) is 16.6. The number of aromatic nitrogens is 6. The van der Waals surface area contributed by atoms with Crippen LogP contribution in [-0.4, -0.2) is 30.2 Å². The van der Waals surface area contributed by atoms with Gasteiger partial charge in [0.2, 0.25) is 10.3 Å². The molecule has 0 amide bonds. The van der Waals surface area contributed by atoms with E-state index in [1.165, 1.54) is 21.4 Å². The predicted octanol–water partition coefficient (Wildman–Crippen LogP) is 5.43. The Morgan fingerprint density at radius 2 is 1.63 bits per heavy atom. The Balaban J connectivity index is 1.67. The predicted molar refractivity (Wildman–Crippen MR) is 96.5 cm³/mol. The van der Waals surface area contributed by atoms with Crippen molar-refractivity contribution in [2.75, 3.05) is 0 Å². The van der Waals surface area contributed by atoms with Gasteiger partial charge < -0.3 is 0 Å². The van der Waals surface area contributed by atoms with Crippen molar-refractivity contribution in [2.45, 2.75) is 21.8 Å². The van der Waals surface area contributed by atoms with Gasteiger partial charge in [0.15, 0.2) is 4.34 Å². The minimum atomic E-state index is -4.93. The zero-order valence-electron chi connectivity index (χ0n) is 14.1. The van der Waals surface area contributed by atoms with Crippen LogP contribution in [-0.2, 0) is 12.4 Å². The highest BCUT2D eigenvalue weighted by molar-refractivity contribution is 8.00. The van der Waals surface area contributed by atoms with Crippen molar-refractivity contribution in [3.8, 4) is 16.4 Å². The van der Waals surface area contributed by atoms with Gasteiger partial charge >= 0.3 is 12.4 Å². The number of tetrazole rings is 1. The quantitative estimate of drug-likeness (QED) is 0.363. The first-order valence-electron chi connectivity index (χ1n) is 7.73. The standard InChI is InChI=1S/C15H6F6N6S3/c16-14(17,18)8-3-7(4-9(5-8)15(19,20)21)10-6-29-13(23-10)30-12-24-25-26-27(12)11-22-1-2-28-11/h1-6H. The van der Waals surface area contributed by atoms with Gasteiger partial charge in [0.05, 0.1) is 16.8 Å². The van der Waals surface area contributed by atoms with Crippen molar-refractivity contribution < 1.29 is 26.3 Å². The second-order valence-corrected chi connectivity index (χ2v) is 8.53. The highest BCUT2D eigenvalue weighted by Crippen LogP contribution is 2.40. The third kappa shape index (κ3) is 4.32. The van der Waals surface area contributed by atoms with Crippen LogP contribution in [0.4, 0.5) is 26.3 Å². The number of benzene rings is 1. The summed E-state index contributed by atoms with van der Waals surface area (Å²) >= 11 is 3.33. The van der Waals surface area contributed by atoms with Crippen LogP contribution in [0.2, 0.25) is 0 Å². The van der Waals surface area contributed by atoms with Crippen LogP contribution >= 0.6 is 34.4 Å². The number of alkyl halides is 6. The summed E-state index contributed by atoms with van der Waals surface area (Å²) in [6, 6.07) is 1.35. The number of nitrogens with zero attached hydrogens (tertiary/aromatic N) is 6. The van der Waals surface area contributed by atoms with Crippen molar-refractivity contribution >= 4 is 34.4 Å². The Morgan fingerprint density at radius 3 is 2.23 bits per heavy atom. The first-order chi connectivity index (χ1) is 14.1. The number of hydrogen-bond acceptors (Lipinski definition) is 8. The molecule has 0 spiro atoms. The summed E-state index contributed by atoms with van der Waals surface area (Å²) in [6.45, 7) is 0. The van der Waals surface area contributed by atoms with E-state index in [9.17, 15) is 26.3 Å². The highest BCUT2D eigenvalue weighted by atomic mass is 32.2. The third-order valence-corrected chi connectivity index (χ3v) is 6.21. The van der Waals surface area contributed by atoms with E-state index in [2.05, 4.69) is 25.5 Å². The molecule has 6 nitrogen and oxygen atoms in total. The Hall–Kier alpha value is -2.52. The Kier molecular flexibility index (Phi) is 5.27. The third-order valence-electron chi connectivity index (χ3n) is 3.59. The van der Waals surface area contributed by atoms with Crippen LogP contribution in [0.25, 0.3) is 16.4 Å². The van der Waals surface area contributed by atoms with Crippen LogP contribution in [0, 0.1) is 0 Å². The van der Waals surface area contributed by atoms with Crippen molar-refractivity contribution in [2.24, 2.45) is 0 Å². The highest BCUT2D eigenvalue weighted by Gasteiger charge is 2.37. The van der Waals surface area contributed by atoms with Gasteiger partial charge in [0.1, 0.15) is 0 Å². The lowest BCUT2D eigenvalue weighted by molar-refractivity contribution is -0.143. The molecule has 4 rings (SSSR count). The van der Waals surface area contributed by atoms with Crippen molar-refractivity contribution in [1.82, 2.24) is 30.2 Å². The van der Waals surface area contributed by atoms with Gasteiger partial charge in [-0.25, -0.2) is 9.97 Å². The van der Waals surface area contributed by atoms with Gasteiger partial charge in [-0.2, -0.15) is 31.0 Å². The van der Waals surface area contributed by atoms with Crippen LogP contribution < -0.4 is 0 Å². The molecule has 0 unspecified atom stereocenters. The minimum Gasteiger partial charge on any atom is -0.229 e. The zero-order chi connectivity index (χ0) is 21.5. The monoisotopic (exact) mass is 480 g/mol. The molecule has 0 aliphatic heterocycles. The normalized spacial score (nSPS) is 12.5. The molecule has 3 aromatic heterocycles. The van der Waals surface area contributed by atoms with E-state index in [-0.39, 0.29) is 17.3 Å². The molecule has 4 aromatic rings. The van der Waals surface area contributed by atoms with Crippen LogP contribution in [0.5, 0.6) is 0 Å². The molecule has 0 saturated heterocycles. The lowest BCUT2D eigenvalue weighted by Crippen LogP contribution is -2.11. The van der Waals surface area contributed by atoms with E-state index in [0.717, 1.165) is 23.1 Å². The Labute approximate surface area is 175 Å². The van der Waals surface area contributed by atoms with Crippen molar-refractivity contribution in [1.29, 1.82) is 0 Å². The SMILES string of the molecule is FC(F)(F)c1cc(-c2csc(Sc3nnnn3-c3nccs3)n2)cc(C(F)(F)F)c1. The maximum absolute atomic E-state index is 13.1. The molecule has 0 aliphatic rings. The first-order valence-corrected chi connectivity index (χ1v) is 10.3. The fourth-order valence-corrected chi connectivity index (χ4v) is 4.65.